The number of carbonyl (C=O) groups excluding carboxylic acids is 1. The summed E-state index contributed by atoms with van der Waals surface area (Å²) in [5.41, 5.74) is -0.0126. The Morgan fingerprint density at radius 1 is 1.28 bits per heavy atom. The molecule has 1 aromatic carbocycles. The SMILES string of the molecule is C[C@H](C(=O)Nc1cc([N+](=O)[O-])ccc1Cl)N1CCN(S(=O)(=O)c2cccs2)CC1. The molecule has 156 valence electrons. The molecule has 1 saturated heterocycles. The fourth-order valence-electron chi connectivity index (χ4n) is 2.99. The number of anilines is 1. The molecule has 1 atom stereocenters. The molecule has 1 aliphatic rings. The number of halogens is 1. The first-order valence-corrected chi connectivity index (χ1v) is 11.4. The van der Waals surface area contributed by atoms with Crippen LogP contribution in [-0.2, 0) is 14.8 Å². The number of nitrogens with zero attached hydrogens (tertiary/aromatic N) is 3. The van der Waals surface area contributed by atoms with Crippen LogP contribution in [-0.4, -0.2) is 60.7 Å². The van der Waals surface area contributed by atoms with Gasteiger partial charge < -0.3 is 5.32 Å². The third-order valence-electron chi connectivity index (χ3n) is 4.71. The number of amides is 1. The smallest absolute Gasteiger partial charge is 0.271 e. The molecule has 9 nitrogen and oxygen atoms in total. The molecule has 0 unspecified atom stereocenters. The van der Waals surface area contributed by atoms with Gasteiger partial charge >= 0.3 is 0 Å². The lowest BCUT2D eigenvalue weighted by Crippen LogP contribution is -2.53. The standard InChI is InChI=1S/C17H19ClN4O5S2/c1-12(17(23)19-15-11-13(22(24)25)4-5-14(15)18)20-6-8-21(9-7-20)29(26,27)16-3-2-10-28-16/h2-5,10-12H,6-9H2,1H3,(H,19,23)/t12-/m1/s1. The summed E-state index contributed by atoms with van der Waals surface area (Å²) < 4.78 is 26.9. The summed E-state index contributed by atoms with van der Waals surface area (Å²) in [6.07, 6.45) is 0. The largest absolute Gasteiger partial charge is 0.323 e. The van der Waals surface area contributed by atoms with Crippen molar-refractivity contribution >= 4 is 50.2 Å². The average Bonchev–Trinajstić information content (AvgIpc) is 3.24. The highest BCUT2D eigenvalue weighted by Gasteiger charge is 2.32. The van der Waals surface area contributed by atoms with Crippen LogP contribution in [0.3, 0.4) is 0 Å². The molecular weight excluding hydrogens is 440 g/mol. The van der Waals surface area contributed by atoms with Crippen LogP contribution in [0.2, 0.25) is 5.02 Å². The van der Waals surface area contributed by atoms with Crippen molar-refractivity contribution in [1.29, 1.82) is 0 Å². The zero-order valence-electron chi connectivity index (χ0n) is 15.4. The van der Waals surface area contributed by atoms with Gasteiger partial charge in [0.25, 0.3) is 15.7 Å². The van der Waals surface area contributed by atoms with Crippen molar-refractivity contribution in [3.05, 3.63) is 50.8 Å². The van der Waals surface area contributed by atoms with E-state index >= 15 is 0 Å². The zero-order valence-corrected chi connectivity index (χ0v) is 17.8. The molecule has 0 spiro atoms. The van der Waals surface area contributed by atoms with E-state index in [-0.39, 0.29) is 35.4 Å². The van der Waals surface area contributed by atoms with Gasteiger partial charge in [-0.1, -0.05) is 17.7 Å². The van der Waals surface area contributed by atoms with E-state index in [1.54, 1.807) is 24.4 Å². The Morgan fingerprint density at radius 2 is 1.97 bits per heavy atom. The number of nitro groups is 1. The molecule has 0 radical (unpaired) electrons. The van der Waals surface area contributed by atoms with Crippen LogP contribution in [0.5, 0.6) is 0 Å². The minimum absolute atomic E-state index is 0.164. The Balaban J connectivity index is 1.62. The van der Waals surface area contributed by atoms with E-state index in [9.17, 15) is 23.3 Å². The Bertz CT molecular complexity index is 1000. The van der Waals surface area contributed by atoms with Crippen molar-refractivity contribution in [2.75, 3.05) is 31.5 Å². The molecule has 1 fully saturated rings. The van der Waals surface area contributed by atoms with E-state index in [1.807, 2.05) is 4.90 Å². The average molecular weight is 459 g/mol. The van der Waals surface area contributed by atoms with Crippen molar-refractivity contribution < 1.29 is 18.1 Å². The molecule has 3 rings (SSSR count). The second kappa shape index (κ2) is 8.76. The normalized spacial score (nSPS) is 17.0. The molecule has 2 aromatic rings. The van der Waals surface area contributed by atoms with E-state index < -0.39 is 21.0 Å². The Hall–Kier alpha value is -2.05. The number of nitro benzene ring substituents is 1. The summed E-state index contributed by atoms with van der Waals surface area (Å²) in [4.78, 5) is 24.8. The highest BCUT2D eigenvalue weighted by Crippen LogP contribution is 2.27. The van der Waals surface area contributed by atoms with Crippen molar-refractivity contribution in [3.63, 3.8) is 0 Å². The number of hydrogen-bond donors (Lipinski definition) is 1. The second-order valence-corrected chi connectivity index (χ2v) is 9.98. The lowest BCUT2D eigenvalue weighted by Gasteiger charge is -2.36. The topological polar surface area (TPSA) is 113 Å². The first-order valence-electron chi connectivity index (χ1n) is 8.72. The number of rotatable bonds is 6. The van der Waals surface area contributed by atoms with Gasteiger partial charge in [0.1, 0.15) is 4.21 Å². The summed E-state index contributed by atoms with van der Waals surface area (Å²) in [5, 5.41) is 15.5. The van der Waals surface area contributed by atoms with Crippen molar-refractivity contribution in [1.82, 2.24) is 9.21 Å². The number of sulfonamides is 1. The number of nitrogens with one attached hydrogen (secondary N) is 1. The highest BCUT2D eigenvalue weighted by molar-refractivity contribution is 7.91. The molecule has 0 aliphatic carbocycles. The van der Waals surface area contributed by atoms with Crippen LogP contribution in [0.1, 0.15) is 6.92 Å². The molecule has 0 bridgehead atoms. The minimum Gasteiger partial charge on any atom is -0.323 e. The Kier molecular flexibility index (Phi) is 6.54. The maximum Gasteiger partial charge on any atom is 0.271 e. The van der Waals surface area contributed by atoms with Crippen molar-refractivity contribution in [2.45, 2.75) is 17.2 Å². The van der Waals surface area contributed by atoms with Gasteiger partial charge in [-0.15, -0.1) is 11.3 Å². The molecule has 29 heavy (non-hydrogen) atoms. The number of thiophene rings is 1. The first kappa shape index (κ1) is 21.7. The summed E-state index contributed by atoms with van der Waals surface area (Å²) in [5.74, 6) is -0.373. The third-order valence-corrected chi connectivity index (χ3v) is 8.31. The molecule has 0 saturated carbocycles. The number of piperazine rings is 1. The van der Waals surface area contributed by atoms with E-state index in [0.29, 0.717) is 17.3 Å². The number of carbonyl (C=O) groups is 1. The van der Waals surface area contributed by atoms with E-state index in [0.717, 1.165) is 0 Å². The maximum absolute atomic E-state index is 12.6. The highest BCUT2D eigenvalue weighted by atomic mass is 35.5. The predicted molar refractivity (Wildman–Crippen MR) is 111 cm³/mol. The van der Waals surface area contributed by atoms with E-state index in [2.05, 4.69) is 5.32 Å². The lowest BCUT2D eigenvalue weighted by atomic mass is 10.2. The van der Waals surface area contributed by atoms with Gasteiger partial charge in [-0.05, 0) is 24.4 Å². The van der Waals surface area contributed by atoms with Gasteiger partial charge in [-0.3, -0.25) is 19.8 Å². The van der Waals surface area contributed by atoms with Gasteiger partial charge in [0.2, 0.25) is 5.91 Å². The monoisotopic (exact) mass is 458 g/mol. The molecular formula is C17H19ClN4O5S2. The van der Waals surface area contributed by atoms with Crippen LogP contribution in [0, 0.1) is 10.1 Å². The minimum atomic E-state index is -3.51. The fourth-order valence-corrected chi connectivity index (χ4v) is 5.73. The molecule has 1 N–H and O–H groups in total. The lowest BCUT2D eigenvalue weighted by molar-refractivity contribution is -0.384. The van der Waals surface area contributed by atoms with Crippen LogP contribution in [0.4, 0.5) is 11.4 Å². The van der Waals surface area contributed by atoms with Crippen LogP contribution < -0.4 is 5.32 Å². The van der Waals surface area contributed by atoms with Crippen molar-refractivity contribution in [2.24, 2.45) is 0 Å². The molecule has 12 heteroatoms. The first-order chi connectivity index (χ1) is 13.7. The van der Waals surface area contributed by atoms with Gasteiger partial charge in [0.05, 0.1) is 21.7 Å². The quantitative estimate of drug-likeness (QED) is 0.526. The molecule has 1 aliphatic heterocycles. The van der Waals surface area contributed by atoms with Crippen LogP contribution in [0.15, 0.2) is 39.9 Å². The van der Waals surface area contributed by atoms with Crippen LogP contribution in [0.25, 0.3) is 0 Å². The van der Waals surface area contributed by atoms with E-state index in [4.69, 9.17) is 11.6 Å². The van der Waals surface area contributed by atoms with Gasteiger partial charge in [-0.2, -0.15) is 4.31 Å². The van der Waals surface area contributed by atoms with Gasteiger partial charge in [-0.25, -0.2) is 8.42 Å². The van der Waals surface area contributed by atoms with Crippen LogP contribution >= 0.6 is 22.9 Å². The molecule has 2 heterocycles. The Labute approximate surface area is 177 Å². The second-order valence-electron chi connectivity index (χ2n) is 6.46. The molecule has 1 amide bonds. The zero-order chi connectivity index (χ0) is 21.2. The summed E-state index contributed by atoms with van der Waals surface area (Å²) in [7, 11) is -3.51. The van der Waals surface area contributed by atoms with Gasteiger partial charge in [0, 0.05) is 38.3 Å². The molecule has 1 aromatic heterocycles. The van der Waals surface area contributed by atoms with Crippen molar-refractivity contribution in [3.8, 4) is 0 Å². The summed E-state index contributed by atoms with van der Waals surface area (Å²) >= 11 is 7.20. The van der Waals surface area contributed by atoms with Gasteiger partial charge in [0.15, 0.2) is 0 Å². The predicted octanol–water partition coefficient (Wildman–Crippen LogP) is 2.64. The number of hydrogen-bond acceptors (Lipinski definition) is 7. The third kappa shape index (κ3) is 4.75. The number of non-ortho nitro benzene ring substituents is 1. The fraction of sp³-hybridized carbons (Fsp3) is 0.353. The number of benzene rings is 1. The summed E-state index contributed by atoms with van der Waals surface area (Å²) in [6, 6.07) is 6.53. The van der Waals surface area contributed by atoms with E-state index in [1.165, 1.54) is 33.8 Å². The summed E-state index contributed by atoms with van der Waals surface area (Å²) in [6.45, 7) is 3.03. The maximum atomic E-state index is 12.6. The Morgan fingerprint density at radius 3 is 2.55 bits per heavy atom.